The highest BCUT2D eigenvalue weighted by Crippen LogP contribution is 2.36. The fraction of sp³-hybridized carbons (Fsp3) is 0.367. The Morgan fingerprint density at radius 2 is 1.74 bits per heavy atom. The lowest BCUT2D eigenvalue weighted by Gasteiger charge is -2.36. The van der Waals surface area contributed by atoms with Crippen LogP contribution in [0.2, 0.25) is 0 Å². The zero-order chi connectivity index (χ0) is 27.1. The van der Waals surface area contributed by atoms with Gasteiger partial charge in [-0.3, -0.25) is 9.59 Å². The van der Waals surface area contributed by atoms with Gasteiger partial charge >= 0.3 is 11.9 Å². The number of carboxylic acids is 2. The second-order valence-electron chi connectivity index (χ2n) is 9.96. The van der Waals surface area contributed by atoms with E-state index in [0.29, 0.717) is 12.0 Å². The summed E-state index contributed by atoms with van der Waals surface area (Å²) < 4.78 is 0. The molecule has 0 spiro atoms. The second-order valence-corrected chi connectivity index (χ2v) is 11.1. The highest BCUT2D eigenvalue weighted by molar-refractivity contribution is 7.12. The van der Waals surface area contributed by atoms with E-state index in [4.69, 9.17) is 15.2 Å². The Kier molecular flexibility index (Phi) is 9.31. The maximum absolute atomic E-state index is 9.64. The Labute approximate surface area is 227 Å². The van der Waals surface area contributed by atoms with E-state index in [0.717, 1.165) is 44.0 Å². The fourth-order valence-corrected chi connectivity index (χ4v) is 5.86. The van der Waals surface area contributed by atoms with Gasteiger partial charge in [0.25, 0.3) is 0 Å². The molecule has 3 N–H and O–H groups in total. The number of benzene rings is 2. The minimum atomic E-state index is -1.08. The molecule has 1 fully saturated rings. The molecular weight excluding hydrogens is 498 g/mol. The molecule has 2 aliphatic rings. The molecule has 2 aromatic carbocycles. The van der Waals surface area contributed by atoms with Crippen molar-refractivity contribution in [3.8, 4) is 0 Å². The Morgan fingerprint density at radius 3 is 2.42 bits per heavy atom. The molecule has 200 valence electrons. The van der Waals surface area contributed by atoms with Crippen LogP contribution in [0.5, 0.6) is 0 Å². The number of para-hydroxylation sites is 1. The largest absolute Gasteiger partial charge is 0.481 e. The molecule has 1 saturated heterocycles. The maximum atomic E-state index is 9.64. The SMILES string of the molecule is CC(C)c1cc2c(s1)Cc1ccccc1N=C2N1CCN[C@@H](Cc2ccccc2)C1.O=C(O)CCC(=O)O. The molecular formula is C30H35N3O4S. The molecule has 1 aromatic heterocycles. The highest BCUT2D eigenvalue weighted by Gasteiger charge is 2.28. The highest BCUT2D eigenvalue weighted by atomic mass is 32.1. The summed E-state index contributed by atoms with van der Waals surface area (Å²) in [5, 5.41) is 19.5. The van der Waals surface area contributed by atoms with Crippen molar-refractivity contribution in [2.75, 3.05) is 19.6 Å². The van der Waals surface area contributed by atoms with Gasteiger partial charge in [-0.05, 0) is 35.6 Å². The van der Waals surface area contributed by atoms with Crippen LogP contribution in [0, 0.1) is 0 Å². The molecule has 0 radical (unpaired) electrons. The van der Waals surface area contributed by atoms with Crippen LogP contribution in [0.4, 0.5) is 5.69 Å². The molecule has 3 aromatic rings. The van der Waals surface area contributed by atoms with Crippen LogP contribution in [-0.2, 0) is 22.4 Å². The van der Waals surface area contributed by atoms with Crippen LogP contribution in [0.3, 0.4) is 0 Å². The number of hydrogen-bond donors (Lipinski definition) is 3. The summed E-state index contributed by atoms with van der Waals surface area (Å²) in [5.74, 6) is -0.440. The number of carbonyl (C=O) groups is 2. The second kappa shape index (κ2) is 12.8. The third-order valence-electron chi connectivity index (χ3n) is 6.64. The van der Waals surface area contributed by atoms with Crippen molar-refractivity contribution in [3.63, 3.8) is 0 Å². The first-order valence-electron chi connectivity index (χ1n) is 13.1. The number of aliphatic imine (C=N–C) groups is 1. The van der Waals surface area contributed by atoms with E-state index in [1.807, 2.05) is 11.3 Å². The minimum Gasteiger partial charge on any atom is -0.481 e. The summed E-state index contributed by atoms with van der Waals surface area (Å²) in [7, 11) is 0. The molecule has 1 atom stereocenters. The third kappa shape index (κ3) is 7.30. The predicted octanol–water partition coefficient (Wildman–Crippen LogP) is 5.31. The van der Waals surface area contributed by atoms with Gasteiger partial charge in [-0.25, -0.2) is 4.99 Å². The summed E-state index contributed by atoms with van der Waals surface area (Å²) in [4.78, 5) is 30.0. The molecule has 7 nitrogen and oxygen atoms in total. The molecule has 3 heterocycles. The number of hydrogen-bond acceptors (Lipinski definition) is 6. The Balaban J connectivity index is 0.000000368. The topological polar surface area (TPSA) is 102 Å². The maximum Gasteiger partial charge on any atom is 0.303 e. The van der Waals surface area contributed by atoms with Crippen molar-refractivity contribution in [1.82, 2.24) is 10.2 Å². The molecule has 2 aliphatic heterocycles. The van der Waals surface area contributed by atoms with Crippen molar-refractivity contribution in [1.29, 1.82) is 0 Å². The lowest BCUT2D eigenvalue weighted by Crippen LogP contribution is -2.53. The van der Waals surface area contributed by atoms with Gasteiger partial charge in [0.15, 0.2) is 0 Å². The van der Waals surface area contributed by atoms with Crippen molar-refractivity contribution < 1.29 is 19.8 Å². The molecule has 5 rings (SSSR count). The van der Waals surface area contributed by atoms with Crippen molar-refractivity contribution in [3.05, 3.63) is 87.1 Å². The van der Waals surface area contributed by atoms with Gasteiger partial charge in [0.2, 0.25) is 0 Å². The first-order chi connectivity index (χ1) is 18.3. The van der Waals surface area contributed by atoms with E-state index < -0.39 is 11.9 Å². The average molecular weight is 534 g/mol. The Hall–Kier alpha value is -3.49. The first-order valence-corrected chi connectivity index (χ1v) is 13.9. The average Bonchev–Trinajstić information content (AvgIpc) is 3.25. The number of thiophene rings is 1. The number of amidine groups is 1. The van der Waals surface area contributed by atoms with Gasteiger partial charge in [0, 0.05) is 47.4 Å². The normalized spacial score (nSPS) is 16.4. The smallest absolute Gasteiger partial charge is 0.303 e. The molecule has 0 unspecified atom stereocenters. The number of fused-ring (bicyclic) bond motifs is 2. The van der Waals surface area contributed by atoms with Crippen LogP contribution in [0.1, 0.15) is 59.1 Å². The van der Waals surface area contributed by atoms with E-state index in [9.17, 15) is 9.59 Å². The van der Waals surface area contributed by atoms with Gasteiger partial charge < -0.3 is 20.4 Å². The monoisotopic (exact) mass is 533 g/mol. The van der Waals surface area contributed by atoms with Crippen LogP contribution in [0.25, 0.3) is 0 Å². The number of nitrogens with zero attached hydrogens (tertiary/aromatic N) is 2. The number of aliphatic carboxylic acids is 2. The lowest BCUT2D eigenvalue weighted by atomic mass is 10.0. The number of nitrogens with one attached hydrogen (secondary N) is 1. The number of carboxylic acid groups (broad SMARTS) is 2. The van der Waals surface area contributed by atoms with Crippen molar-refractivity contribution in [2.24, 2.45) is 4.99 Å². The Bertz CT molecular complexity index is 1270. The number of rotatable bonds is 6. The van der Waals surface area contributed by atoms with E-state index in [1.165, 1.54) is 26.4 Å². The fourth-order valence-electron chi connectivity index (χ4n) is 4.68. The van der Waals surface area contributed by atoms with Crippen LogP contribution in [0.15, 0.2) is 65.7 Å². The zero-order valence-electron chi connectivity index (χ0n) is 21.9. The summed E-state index contributed by atoms with van der Waals surface area (Å²) >= 11 is 1.97. The van der Waals surface area contributed by atoms with Gasteiger partial charge in [-0.1, -0.05) is 62.4 Å². The molecule has 0 saturated carbocycles. The molecule has 0 bridgehead atoms. The Morgan fingerprint density at radius 1 is 1.05 bits per heavy atom. The predicted molar refractivity (Wildman–Crippen MR) is 152 cm³/mol. The summed E-state index contributed by atoms with van der Waals surface area (Å²) in [6.45, 7) is 7.56. The lowest BCUT2D eigenvalue weighted by molar-refractivity contribution is -0.143. The standard InChI is InChI=1S/C26H29N3S.C4H6O4/c1-18(2)24-16-22-25(30-24)15-20-10-6-7-11-23(20)28-26(22)29-13-12-27-21(17-29)14-19-8-4-3-5-9-19;5-3(6)1-2-4(7)8/h3-11,16,18,21,27H,12-15,17H2,1-2H3;1-2H2,(H,5,6)(H,7,8)/t21-;/m0./s1. The van der Waals surface area contributed by atoms with E-state index in [2.05, 4.69) is 84.7 Å². The molecule has 38 heavy (non-hydrogen) atoms. The molecule has 0 aliphatic carbocycles. The van der Waals surface area contributed by atoms with Crippen molar-refractivity contribution >= 4 is 34.8 Å². The van der Waals surface area contributed by atoms with E-state index in [-0.39, 0.29) is 12.8 Å². The van der Waals surface area contributed by atoms with Gasteiger partial charge in [0.1, 0.15) is 5.84 Å². The summed E-state index contributed by atoms with van der Waals surface area (Å²) in [5.41, 5.74) is 5.20. The van der Waals surface area contributed by atoms with Crippen LogP contribution >= 0.6 is 11.3 Å². The van der Waals surface area contributed by atoms with Crippen LogP contribution < -0.4 is 5.32 Å². The van der Waals surface area contributed by atoms with Gasteiger partial charge in [-0.15, -0.1) is 11.3 Å². The summed E-state index contributed by atoms with van der Waals surface area (Å²) in [6.07, 6.45) is 1.44. The molecule has 8 heteroatoms. The van der Waals surface area contributed by atoms with Gasteiger partial charge in [0.05, 0.1) is 18.5 Å². The third-order valence-corrected chi connectivity index (χ3v) is 8.08. The summed E-state index contributed by atoms with van der Waals surface area (Å²) in [6, 6.07) is 22.3. The van der Waals surface area contributed by atoms with E-state index >= 15 is 0 Å². The van der Waals surface area contributed by atoms with Gasteiger partial charge in [-0.2, -0.15) is 0 Å². The van der Waals surface area contributed by atoms with Crippen LogP contribution in [-0.4, -0.2) is 58.6 Å². The van der Waals surface area contributed by atoms with Crippen molar-refractivity contribution in [2.45, 2.75) is 51.5 Å². The molecule has 0 amide bonds. The zero-order valence-corrected chi connectivity index (χ0v) is 22.7. The first kappa shape index (κ1) is 27.5. The quantitative estimate of drug-likeness (QED) is 0.397. The number of piperazine rings is 1. The van der Waals surface area contributed by atoms with E-state index in [1.54, 1.807) is 0 Å². The minimum absolute atomic E-state index is 0.296.